The minimum atomic E-state index is -0.534. The first-order valence-corrected chi connectivity index (χ1v) is 13.2. The van der Waals surface area contributed by atoms with Gasteiger partial charge in [-0.3, -0.25) is 4.90 Å². The van der Waals surface area contributed by atoms with Crippen LogP contribution in [0.3, 0.4) is 0 Å². The molecule has 0 bridgehead atoms. The number of hydrogen-bond donors (Lipinski definition) is 1. The molecule has 212 valence electrons. The first-order chi connectivity index (χ1) is 19.3. The second-order valence-corrected chi connectivity index (χ2v) is 10.0. The van der Waals surface area contributed by atoms with Gasteiger partial charge < -0.3 is 29.0 Å². The third-order valence-corrected chi connectivity index (χ3v) is 5.67. The first kappa shape index (κ1) is 28.7. The topological polar surface area (TPSA) is 104 Å². The second-order valence-electron chi connectivity index (χ2n) is 10.0. The lowest BCUT2D eigenvalue weighted by molar-refractivity contribution is 0.0241. The zero-order valence-electron chi connectivity index (χ0n) is 23.2. The molecule has 0 saturated carbocycles. The van der Waals surface area contributed by atoms with E-state index < -0.39 is 5.60 Å². The standard InChI is InChI=1S/C30H36N4O6/c1-5-13-37-25-11-9-23(10-12-25)33-24-18-31-28(32-19-24)39-17-15-36-14-16-38-27-8-6-7-22-20-34(21-26(22)27)29(35)40-30(2,3)4/h5-12,18-19,33H,1,13-17,20-21H2,2-4H3. The summed E-state index contributed by atoms with van der Waals surface area (Å²) < 4.78 is 28.1. The third-order valence-electron chi connectivity index (χ3n) is 5.67. The fraction of sp³-hybridized carbons (Fsp3) is 0.367. The van der Waals surface area contributed by atoms with Crippen LogP contribution < -0.4 is 19.5 Å². The number of nitrogens with zero attached hydrogens (tertiary/aromatic N) is 3. The molecule has 1 aliphatic rings. The Labute approximate surface area is 234 Å². The summed E-state index contributed by atoms with van der Waals surface area (Å²) in [6.07, 6.45) is 4.69. The summed E-state index contributed by atoms with van der Waals surface area (Å²) in [6, 6.07) is 13.7. The molecule has 1 aromatic heterocycles. The molecule has 0 spiro atoms. The highest BCUT2D eigenvalue weighted by molar-refractivity contribution is 5.70. The summed E-state index contributed by atoms with van der Waals surface area (Å²) in [5, 5.41) is 3.23. The zero-order chi connectivity index (χ0) is 28.4. The molecule has 3 aromatic rings. The van der Waals surface area contributed by atoms with Gasteiger partial charge >= 0.3 is 12.1 Å². The Balaban J connectivity index is 1.12. The van der Waals surface area contributed by atoms with Crippen molar-refractivity contribution in [1.29, 1.82) is 0 Å². The number of rotatable bonds is 13. The van der Waals surface area contributed by atoms with Crippen molar-refractivity contribution in [3.05, 3.63) is 78.6 Å². The van der Waals surface area contributed by atoms with Gasteiger partial charge in [0.2, 0.25) is 0 Å². The zero-order valence-corrected chi connectivity index (χ0v) is 23.2. The lowest BCUT2D eigenvalue weighted by atomic mass is 10.1. The Morgan fingerprint density at radius 3 is 2.38 bits per heavy atom. The Hall–Kier alpha value is -4.31. The van der Waals surface area contributed by atoms with Gasteiger partial charge in [-0.1, -0.05) is 24.8 Å². The van der Waals surface area contributed by atoms with Gasteiger partial charge in [-0.05, 0) is 56.7 Å². The van der Waals surface area contributed by atoms with E-state index >= 15 is 0 Å². The highest BCUT2D eigenvalue weighted by atomic mass is 16.6. The van der Waals surface area contributed by atoms with Gasteiger partial charge in [0.25, 0.3) is 0 Å². The number of amides is 1. The number of carbonyl (C=O) groups excluding carboxylic acids is 1. The van der Waals surface area contributed by atoms with E-state index in [0.29, 0.717) is 46.1 Å². The molecule has 0 fully saturated rings. The van der Waals surface area contributed by atoms with Crippen molar-refractivity contribution in [2.75, 3.05) is 38.4 Å². The van der Waals surface area contributed by atoms with Crippen LogP contribution >= 0.6 is 0 Å². The number of anilines is 2. The molecule has 2 aromatic carbocycles. The minimum absolute atomic E-state index is 0.271. The quantitative estimate of drug-likeness (QED) is 0.219. The molecule has 1 N–H and O–H groups in total. The molecule has 1 aliphatic heterocycles. The van der Waals surface area contributed by atoms with Gasteiger partial charge in [0, 0.05) is 17.8 Å². The predicted molar refractivity (Wildman–Crippen MR) is 151 cm³/mol. The summed E-state index contributed by atoms with van der Waals surface area (Å²) in [5.41, 5.74) is 3.16. The second kappa shape index (κ2) is 13.7. The van der Waals surface area contributed by atoms with Crippen molar-refractivity contribution in [1.82, 2.24) is 14.9 Å². The van der Waals surface area contributed by atoms with Crippen molar-refractivity contribution in [2.24, 2.45) is 0 Å². The summed E-state index contributed by atoms with van der Waals surface area (Å²) in [5.74, 6) is 1.52. The van der Waals surface area contributed by atoms with Crippen molar-refractivity contribution >= 4 is 17.5 Å². The Bertz CT molecular complexity index is 1260. The molecule has 40 heavy (non-hydrogen) atoms. The molecular weight excluding hydrogens is 512 g/mol. The normalized spacial score (nSPS) is 12.4. The van der Waals surface area contributed by atoms with E-state index in [2.05, 4.69) is 21.9 Å². The molecule has 0 aliphatic carbocycles. The first-order valence-electron chi connectivity index (χ1n) is 13.2. The van der Waals surface area contributed by atoms with Crippen LogP contribution in [0.15, 0.2) is 67.5 Å². The van der Waals surface area contributed by atoms with E-state index in [1.54, 1.807) is 23.4 Å². The molecule has 2 heterocycles. The molecule has 0 unspecified atom stereocenters. The summed E-state index contributed by atoms with van der Waals surface area (Å²) in [4.78, 5) is 22.6. The van der Waals surface area contributed by atoms with Crippen molar-refractivity contribution in [3.8, 4) is 17.5 Å². The fourth-order valence-corrected chi connectivity index (χ4v) is 3.90. The van der Waals surface area contributed by atoms with Crippen molar-refractivity contribution in [3.63, 3.8) is 0 Å². The maximum atomic E-state index is 12.4. The largest absolute Gasteiger partial charge is 0.491 e. The van der Waals surface area contributed by atoms with Gasteiger partial charge in [-0.2, -0.15) is 0 Å². The molecule has 4 rings (SSSR count). The molecule has 0 radical (unpaired) electrons. The summed E-state index contributed by atoms with van der Waals surface area (Å²) in [7, 11) is 0. The van der Waals surface area contributed by atoms with E-state index in [0.717, 1.165) is 34.0 Å². The molecule has 0 saturated heterocycles. The Morgan fingerprint density at radius 1 is 0.950 bits per heavy atom. The summed E-state index contributed by atoms with van der Waals surface area (Å²) in [6.45, 7) is 12.1. The van der Waals surface area contributed by atoms with Crippen LogP contribution in [0, 0.1) is 0 Å². The van der Waals surface area contributed by atoms with Gasteiger partial charge in [-0.15, -0.1) is 0 Å². The maximum absolute atomic E-state index is 12.4. The van der Waals surface area contributed by atoms with Crippen LogP contribution in [-0.2, 0) is 22.6 Å². The number of ether oxygens (including phenoxy) is 5. The van der Waals surface area contributed by atoms with Gasteiger partial charge in [0.15, 0.2) is 0 Å². The number of hydrogen-bond acceptors (Lipinski definition) is 9. The minimum Gasteiger partial charge on any atom is -0.491 e. The van der Waals surface area contributed by atoms with Crippen LogP contribution in [0.4, 0.5) is 16.2 Å². The molecule has 1 amide bonds. The highest BCUT2D eigenvalue weighted by Gasteiger charge is 2.29. The predicted octanol–water partition coefficient (Wildman–Crippen LogP) is 5.51. The maximum Gasteiger partial charge on any atom is 0.410 e. The number of nitrogens with one attached hydrogen (secondary N) is 1. The SMILES string of the molecule is C=CCOc1ccc(Nc2cnc(OCCOCCOc3cccc4c3CN(C(=O)OC(C)(C)C)C4)nc2)cc1. The van der Waals surface area contributed by atoms with E-state index in [4.69, 9.17) is 23.7 Å². The van der Waals surface area contributed by atoms with Crippen molar-refractivity contribution in [2.45, 2.75) is 39.5 Å². The average Bonchev–Trinajstić information content (AvgIpc) is 3.38. The molecular formula is C30H36N4O6. The monoisotopic (exact) mass is 548 g/mol. The van der Waals surface area contributed by atoms with E-state index in [9.17, 15) is 4.79 Å². The number of carbonyl (C=O) groups is 1. The van der Waals surface area contributed by atoms with Crippen LogP contribution in [0.25, 0.3) is 0 Å². The average molecular weight is 549 g/mol. The fourth-order valence-electron chi connectivity index (χ4n) is 3.90. The van der Waals surface area contributed by atoms with E-state index in [1.807, 2.05) is 63.2 Å². The van der Waals surface area contributed by atoms with Crippen LogP contribution in [0.5, 0.6) is 17.5 Å². The van der Waals surface area contributed by atoms with Gasteiger partial charge in [0.1, 0.15) is 36.9 Å². The van der Waals surface area contributed by atoms with E-state index in [-0.39, 0.29) is 12.1 Å². The van der Waals surface area contributed by atoms with E-state index in [1.165, 1.54) is 0 Å². The summed E-state index contributed by atoms with van der Waals surface area (Å²) >= 11 is 0. The van der Waals surface area contributed by atoms with Crippen molar-refractivity contribution < 1.29 is 28.5 Å². The number of aromatic nitrogens is 2. The van der Waals surface area contributed by atoms with Gasteiger partial charge in [-0.25, -0.2) is 14.8 Å². The molecule has 10 nitrogen and oxygen atoms in total. The lowest BCUT2D eigenvalue weighted by Crippen LogP contribution is -2.33. The highest BCUT2D eigenvalue weighted by Crippen LogP contribution is 2.32. The van der Waals surface area contributed by atoms with Crippen LogP contribution in [0.2, 0.25) is 0 Å². The molecule has 0 atom stereocenters. The molecule has 10 heteroatoms. The number of fused-ring (bicyclic) bond motifs is 1. The van der Waals surface area contributed by atoms with Crippen LogP contribution in [-0.4, -0.2) is 59.6 Å². The Kier molecular flexibility index (Phi) is 9.80. The smallest absolute Gasteiger partial charge is 0.410 e. The van der Waals surface area contributed by atoms with Gasteiger partial charge in [0.05, 0.1) is 37.8 Å². The lowest BCUT2D eigenvalue weighted by Gasteiger charge is -2.24. The van der Waals surface area contributed by atoms with Crippen LogP contribution in [0.1, 0.15) is 31.9 Å². The number of benzene rings is 2. The third kappa shape index (κ3) is 8.60. The Morgan fingerprint density at radius 2 is 1.68 bits per heavy atom.